The monoisotopic (exact) mass is 262 g/mol. The third kappa shape index (κ3) is 3.18. The summed E-state index contributed by atoms with van der Waals surface area (Å²) >= 11 is 0. The van der Waals surface area contributed by atoms with Crippen LogP contribution in [-0.2, 0) is 6.54 Å². The van der Waals surface area contributed by atoms with Crippen LogP contribution in [0.4, 0.5) is 0 Å². The summed E-state index contributed by atoms with van der Waals surface area (Å²) in [6.07, 6.45) is 8.96. The van der Waals surface area contributed by atoms with Gasteiger partial charge in [-0.15, -0.1) is 0 Å². The topological polar surface area (TPSA) is 33.1 Å². The van der Waals surface area contributed by atoms with E-state index in [1.807, 2.05) is 0 Å². The quantitative estimate of drug-likeness (QED) is 0.906. The first-order valence-electron chi connectivity index (χ1n) is 7.82. The van der Waals surface area contributed by atoms with E-state index in [1.165, 1.54) is 37.8 Å². The Labute approximate surface area is 116 Å². The van der Waals surface area contributed by atoms with Gasteiger partial charge in [-0.05, 0) is 25.8 Å². The maximum atomic E-state index is 4.82. The Bertz CT molecular complexity index is 395. The first-order valence-corrected chi connectivity index (χ1v) is 7.82. The fourth-order valence-corrected chi connectivity index (χ4v) is 3.34. The van der Waals surface area contributed by atoms with Gasteiger partial charge in [0.15, 0.2) is 0 Å². The van der Waals surface area contributed by atoms with Crippen molar-refractivity contribution in [2.24, 2.45) is 0 Å². The molecule has 0 spiro atoms. The standard InChI is InChI=1S/C15H26N4/c1-13-11-16-8-10-18(13)12-14-7-9-19(17-14)15-5-3-2-4-6-15/h7,9,13,15-16H,2-6,8,10-12H2,1H3. The summed E-state index contributed by atoms with van der Waals surface area (Å²) in [6, 6.07) is 3.49. The predicted molar refractivity (Wildman–Crippen MR) is 77.1 cm³/mol. The zero-order chi connectivity index (χ0) is 13.1. The zero-order valence-electron chi connectivity index (χ0n) is 12.0. The molecule has 0 bridgehead atoms. The predicted octanol–water partition coefficient (Wildman–Crippen LogP) is 2.18. The summed E-state index contributed by atoms with van der Waals surface area (Å²) in [7, 11) is 0. The average Bonchev–Trinajstić information content (AvgIpc) is 2.91. The third-order valence-electron chi connectivity index (χ3n) is 4.62. The minimum absolute atomic E-state index is 0.619. The van der Waals surface area contributed by atoms with Crippen LogP contribution in [0, 0.1) is 0 Å². The Morgan fingerprint density at radius 3 is 2.95 bits per heavy atom. The van der Waals surface area contributed by atoms with Crippen molar-refractivity contribution in [2.75, 3.05) is 19.6 Å². The second kappa shape index (κ2) is 6.06. The molecule has 2 aliphatic rings. The number of nitrogens with one attached hydrogen (secondary N) is 1. The molecule has 1 saturated carbocycles. The first kappa shape index (κ1) is 13.1. The van der Waals surface area contributed by atoms with Gasteiger partial charge in [0.2, 0.25) is 0 Å². The van der Waals surface area contributed by atoms with E-state index in [-0.39, 0.29) is 0 Å². The second-order valence-electron chi connectivity index (χ2n) is 6.10. The van der Waals surface area contributed by atoms with Crippen LogP contribution in [-0.4, -0.2) is 40.4 Å². The highest BCUT2D eigenvalue weighted by atomic mass is 15.3. The van der Waals surface area contributed by atoms with Crippen molar-refractivity contribution in [3.8, 4) is 0 Å². The van der Waals surface area contributed by atoms with Crippen LogP contribution >= 0.6 is 0 Å². The molecular weight excluding hydrogens is 236 g/mol. The van der Waals surface area contributed by atoms with E-state index in [1.54, 1.807) is 0 Å². The van der Waals surface area contributed by atoms with Crippen molar-refractivity contribution >= 4 is 0 Å². The number of piperazine rings is 1. The molecule has 0 aromatic carbocycles. The Balaban J connectivity index is 1.60. The molecule has 4 nitrogen and oxygen atoms in total. The largest absolute Gasteiger partial charge is 0.314 e. The number of hydrogen-bond acceptors (Lipinski definition) is 3. The van der Waals surface area contributed by atoms with Gasteiger partial charge in [0.05, 0.1) is 11.7 Å². The van der Waals surface area contributed by atoms with Crippen LogP contribution < -0.4 is 5.32 Å². The van der Waals surface area contributed by atoms with Crippen molar-refractivity contribution in [1.82, 2.24) is 20.0 Å². The second-order valence-corrected chi connectivity index (χ2v) is 6.10. The van der Waals surface area contributed by atoms with Gasteiger partial charge in [-0.3, -0.25) is 9.58 Å². The van der Waals surface area contributed by atoms with Crippen LogP contribution in [0.1, 0.15) is 50.8 Å². The van der Waals surface area contributed by atoms with E-state index in [2.05, 4.69) is 34.1 Å². The highest BCUT2D eigenvalue weighted by Gasteiger charge is 2.20. The van der Waals surface area contributed by atoms with Gasteiger partial charge < -0.3 is 5.32 Å². The maximum absolute atomic E-state index is 4.82. The van der Waals surface area contributed by atoms with E-state index < -0.39 is 0 Å². The molecule has 106 valence electrons. The fourth-order valence-electron chi connectivity index (χ4n) is 3.34. The Morgan fingerprint density at radius 2 is 2.16 bits per heavy atom. The van der Waals surface area contributed by atoms with E-state index in [9.17, 15) is 0 Å². The Hall–Kier alpha value is -0.870. The lowest BCUT2D eigenvalue weighted by atomic mass is 9.96. The number of hydrogen-bond donors (Lipinski definition) is 1. The lowest BCUT2D eigenvalue weighted by Gasteiger charge is -2.33. The van der Waals surface area contributed by atoms with Crippen molar-refractivity contribution in [2.45, 2.75) is 57.7 Å². The third-order valence-corrected chi connectivity index (χ3v) is 4.62. The lowest BCUT2D eigenvalue weighted by molar-refractivity contribution is 0.163. The summed E-state index contributed by atoms with van der Waals surface area (Å²) in [5.41, 5.74) is 1.24. The average molecular weight is 262 g/mol. The smallest absolute Gasteiger partial charge is 0.0765 e. The maximum Gasteiger partial charge on any atom is 0.0765 e. The SMILES string of the molecule is CC1CNCCN1Cc1ccn(C2CCCCC2)n1. The lowest BCUT2D eigenvalue weighted by Crippen LogP contribution is -2.49. The normalized spacial score (nSPS) is 26.7. The highest BCUT2D eigenvalue weighted by molar-refractivity contribution is 5.01. The van der Waals surface area contributed by atoms with Crippen LogP contribution in [0.15, 0.2) is 12.3 Å². The van der Waals surface area contributed by atoms with Crippen molar-refractivity contribution in [3.05, 3.63) is 18.0 Å². The summed E-state index contributed by atoms with van der Waals surface area (Å²) in [5, 5.41) is 8.26. The van der Waals surface area contributed by atoms with Crippen LogP contribution in [0.5, 0.6) is 0 Å². The van der Waals surface area contributed by atoms with E-state index in [0.29, 0.717) is 12.1 Å². The van der Waals surface area contributed by atoms with Crippen LogP contribution in [0.25, 0.3) is 0 Å². The van der Waals surface area contributed by atoms with Gasteiger partial charge >= 0.3 is 0 Å². The molecule has 1 atom stereocenters. The fraction of sp³-hybridized carbons (Fsp3) is 0.800. The van der Waals surface area contributed by atoms with Crippen LogP contribution in [0.2, 0.25) is 0 Å². The van der Waals surface area contributed by atoms with Gasteiger partial charge in [-0.2, -0.15) is 5.10 Å². The molecule has 1 N–H and O–H groups in total. The minimum Gasteiger partial charge on any atom is -0.314 e. The first-order chi connectivity index (χ1) is 9.33. The molecule has 1 aromatic heterocycles. The molecule has 1 aromatic rings. The van der Waals surface area contributed by atoms with Crippen molar-refractivity contribution < 1.29 is 0 Å². The van der Waals surface area contributed by atoms with Crippen molar-refractivity contribution in [1.29, 1.82) is 0 Å². The van der Waals surface area contributed by atoms with Gasteiger partial charge in [-0.1, -0.05) is 19.3 Å². The molecule has 19 heavy (non-hydrogen) atoms. The van der Waals surface area contributed by atoms with E-state index >= 15 is 0 Å². The Kier molecular flexibility index (Phi) is 4.18. The molecule has 1 unspecified atom stereocenters. The molecule has 1 aliphatic carbocycles. The number of rotatable bonds is 3. The van der Waals surface area contributed by atoms with Gasteiger partial charge in [0.25, 0.3) is 0 Å². The molecule has 0 radical (unpaired) electrons. The summed E-state index contributed by atoms with van der Waals surface area (Å²) in [6.45, 7) is 6.64. The molecule has 1 aliphatic heterocycles. The highest BCUT2D eigenvalue weighted by Crippen LogP contribution is 2.27. The van der Waals surface area contributed by atoms with Gasteiger partial charge in [0.1, 0.15) is 0 Å². The Morgan fingerprint density at radius 1 is 1.32 bits per heavy atom. The zero-order valence-corrected chi connectivity index (χ0v) is 12.0. The molecule has 4 heteroatoms. The number of aromatic nitrogens is 2. The minimum atomic E-state index is 0.619. The summed E-state index contributed by atoms with van der Waals surface area (Å²) in [5.74, 6) is 0. The van der Waals surface area contributed by atoms with E-state index in [0.717, 1.165) is 26.2 Å². The molecule has 1 saturated heterocycles. The van der Waals surface area contributed by atoms with Gasteiger partial charge in [0, 0.05) is 38.4 Å². The molecule has 2 heterocycles. The molecule has 3 rings (SSSR count). The molecule has 2 fully saturated rings. The summed E-state index contributed by atoms with van der Waals surface area (Å²) < 4.78 is 2.22. The number of nitrogens with zero attached hydrogens (tertiary/aromatic N) is 3. The summed E-state index contributed by atoms with van der Waals surface area (Å²) in [4.78, 5) is 2.53. The van der Waals surface area contributed by atoms with Gasteiger partial charge in [-0.25, -0.2) is 0 Å². The van der Waals surface area contributed by atoms with Crippen LogP contribution in [0.3, 0.4) is 0 Å². The van der Waals surface area contributed by atoms with Crippen molar-refractivity contribution in [3.63, 3.8) is 0 Å². The van der Waals surface area contributed by atoms with E-state index in [4.69, 9.17) is 5.10 Å². The molecule has 0 amide bonds. The molecular formula is C15H26N4.